The lowest BCUT2D eigenvalue weighted by atomic mass is 10.0. The summed E-state index contributed by atoms with van der Waals surface area (Å²) in [6, 6.07) is 0. The average molecular weight is 228 g/mol. The van der Waals surface area contributed by atoms with E-state index in [9.17, 15) is 9.90 Å². The van der Waals surface area contributed by atoms with Gasteiger partial charge in [0.2, 0.25) is 0 Å². The van der Waals surface area contributed by atoms with Crippen LogP contribution in [0, 0.1) is 5.92 Å². The highest BCUT2D eigenvalue weighted by Crippen LogP contribution is 2.09. The molecule has 0 aromatic rings. The van der Waals surface area contributed by atoms with Crippen molar-refractivity contribution in [3.63, 3.8) is 0 Å². The third kappa shape index (κ3) is 7.46. The molecule has 2 N–H and O–H groups in total. The maximum absolute atomic E-state index is 10.6. The molecule has 0 rings (SSSR count). The van der Waals surface area contributed by atoms with Crippen molar-refractivity contribution in [3.05, 3.63) is 12.2 Å². The third-order valence-electron chi connectivity index (χ3n) is 2.74. The van der Waals surface area contributed by atoms with Crippen LogP contribution in [-0.4, -0.2) is 22.3 Å². The molecule has 0 aliphatic rings. The number of aliphatic hydroxyl groups excluding tert-OH is 1. The van der Waals surface area contributed by atoms with Gasteiger partial charge >= 0.3 is 5.97 Å². The Morgan fingerprint density at radius 3 is 2.50 bits per heavy atom. The monoisotopic (exact) mass is 228 g/mol. The second kappa shape index (κ2) is 9.40. The van der Waals surface area contributed by atoms with Crippen LogP contribution >= 0.6 is 0 Å². The summed E-state index contributed by atoms with van der Waals surface area (Å²) in [5, 5.41) is 18.2. The minimum atomic E-state index is -0.941. The summed E-state index contributed by atoms with van der Waals surface area (Å²) in [5.41, 5.74) is 0. The first-order chi connectivity index (χ1) is 7.59. The van der Waals surface area contributed by atoms with Crippen LogP contribution in [0.4, 0.5) is 0 Å². The highest BCUT2D eigenvalue weighted by atomic mass is 16.4. The first-order valence-electron chi connectivity index (χ1n) is 6.15. The highest BCUT2D eigenvalue weighted by molar-refractivity contribution is 5.70. The topological polar surface area (TPSA) is 57.5 Å². The van der Waals surface area contributed by atoms with Crippen LogP contribution in [-0.2, 0) is 4.79 Å². The summed E-state index contributed by atoms with van der Waals surface area (Å²) >= 11 is 0. The summed E-state index contributed by atoms with van der Waals surface area (Å²) in [6.45, 7) is 3.71. The average Bonchev–Trinajstić information content (AvgIpc) is 2.26. The Labute approximate surface area is 98.2 Å². The number of rotatable bonds is 9. The Morgan fingerprint density at radius 2 is 1.94 bits per heavy atom. The Kier molecular flexibility index (Phi) is 8.91. The minimum absolute atomic E-state index is 0.432. The van der Waals surface area contributed by atoms with E-state index >= 15 is 0 Å². The van der Waals surface area contributed by atoms with Crippen molar-refractivity contribution in [2.24, 2.45) is 5.92 Å². The molecular formula is C13H24O3. The smallest absolute Gasteiger partial charge is 0.308 e. The lowest BCUT2D eigenvalue weighted by Gasteiger charge is -2.11. The van der Waals surface area contributed by atoms with E-state index in [0.717, 1.165) is 6.42 Å². The normalized spacial score (nSPS) is 15.2. The molecule has 94 valence electrons. The fraction of sp³-hybridized carbons (Fsp3) is 0.769. The van der Waals surface area contributed by atoms with Crippen molar-refractivity contribution in [1.29, 1.82) is 0 Å². The summed E-state index contributed by atoms with van der Waals surface area (Å²) in [6.07, 6.45) is 9.53. The zero-order valence-electron chi connectivity index (χ0n) is 10.4. The maximum Gasteiger partial charge on any atom is 0.308 e. The molecule has 2 atom stereocenters. The van der Waals surface area contributed by atoms with Crippen LogP contribution in [0.5, 0.6) is 0 Å². The highest BCUT2D eigenvalue weighted by Gasteiger charge is 2.19. The van der Waals surface area contributed by atoms with Crippen molar-refractivity contribution in [2.75, 3.05) is 0 Å². The number of carboxylic acids is 1. The first kappa shape index (κ1) is 15.2. The van der Waals surface area contributed by atoms with Gasteiger partial charge in [-0.15, -0.1) is 0 Å². The number of carbonyl (C=O) groups is 1. The molecule has 0 amide bonds. The first-order valence-corrected chi connectivity index (χ1v) is 6.15. The number of aliphatic hydroxyl groups is 1. The number of unbranched alkanes of at least 4 members (excludes halogenated alkanes) is 4. The molecule has 0 aliphatic heterocycles. The van der Waals surface area contributed by atoms with Crippen LogP contribution in [0.15, 0.2) is 12.2 Å². The van der Waals surface area contributed by atoms with Crippen molar-refractivity contribution in [2.45, 2.75) is 58.5 Å². The van der Waals surface area contributed by atoms with E-state index in [1.807, 2.05) is 12.2 Å². The molecule has 0 aliphatic carbocycles. The molecular weight excluding hydrogens is 204 g/mol. The Balaban J connectivity index is 3.55. The van der Waals surface area contributed by atoms with E-state index in [1.165, 1.54) is 32.6 Å². The Bertz CT molecular complexity index is 211. The van der Waals surface area contributed by atoms with Crippen molar-refractivity contribution in [1.82, 2.24) is 0 Å². The van der Waals surface area contributed by atoms with Crippen molar-refractivity contribution in [3.8, 4) is 0 Å². The third-order valence-corrected chi connectivity index (χ3v) is 2.74. The minimum Gasteiger partial charge on any atom is -0.481 e. The van der Waals surface area contributed by atoms with Gasteiger partial charge < -0.3 is 10.2 Å². The molecule has 16 heavy (non-hydrogen) atoms. The van der Waals surface area contributed by atoms with Crippen LogP contribution < -0.4 is 0 Å². The van der Waals surface area contributed by atoms with E-state index in [0.29, 0.717) is 6.42 Å². The zero-order chi connectivity index (χ0) is 12.4. The Hall–Kier alpha value is -0.830. The predicted octanol–water partition coefficient (Wildman–Crippen LogP) is 2.98. The molecule has 0 heterocycles. The molecule has 0 spiro atoms. The van der Waals surface area contributed by atoms with Gasteiger partial charge in [0.25, 0.3) is 0 Å². The molecule has 0 saturated carbocycles. The summed E-state index contributed by atoms with van der Waals surface area (Å²) in [5.74, 6) is -1.63. The summed E-state index contributed by atoms with van der Waals surface area (Å²) < 4.78 is 0. The van der Waals surface area contributed by atoms with Gasteiger partial charge in [0.1, 0.15) is 0 Å². The van der Waals surface area contributed by atoms with Crippen molar-refractivity contribution >= 4 is 5.97 Å². The van der Waals surface area contributed by atoms with Gasteiger partial charge in [0.15, 0.2) is 0 Å². The largest absolute Gasteiger partial charge is 0.481 e. The molecule has 0 bridgehead atoms. The molecule has 2 unspecified atom stereocenters. The van der Waals surface area contributed by atoms with Gasteiger partial charge in [0.05, 0.1) is 12.0 Å². The quantitative estimate of drug-likeness (QED) is 0.471. The summed E-state index contributed by atoms with van der Waals surface area (Å²) in [7, 11) is 0. The van der Waals surface area contributed by atoms with Gasteiger partial charge in [0, 0.05) is 0 Å². The van der Waals surface area contributed by atoms with Gasteiger partial charge in [-0.25, -0.2) is 0 Å². The Morgan fingerprint density at radius 1 is 1.25 bits per heavy atom. The lowest BCUT2D eigenvalue weighted by molar-refractivity contribution is -0.144. The fourth-order valence-corrected chi connectivity index (χ4v) is 1.41. The van der Waals surface area contributed by atoms with Gasteiger partial charge in [-0.3, -0.25) is 4.79 Å². The number of hydrogen-bond acceptors (Lipinski definition) is 2. The lowest BCUT2D eigenvalue weighted by Crippen LogP contribution is -2.24. The van der Waals surface area contributed by atoms with Crippen molar-refractivity contribution < 1.29 is 15.0 Å². The van der Waals surface area contributed by atoms with Crippen LogP contribution in [0.3, 0.4) is 0 Å². The van der Waals surface area contributed by atoms with E-state index in [-0.39, 0.29) is 0 Å². The second-order valence-corrected chi connectivity index (χ2v) is 4.25. The molecule has 0 aromatic heterocycles. The SMILES string of the molecule is CCCCCC/C=C/CC(O)C(C)C(=O)O. The number of carboxylic acid groups (broad SMARTS) is 1. The number of allylic oxidation sites excluding steroid dienone is 1. The van der Waals surface area contributed by atoms with E-state index in [2.05, 4.69) is 6.92 Å². The predicted molar refractivity (Wildman–Crippen MR) is 65.3 cm³/mol. The number of aliphatic carboxylic acids is 1. The van der Waals surface area contributed by atoms with Gasteiger partial charge in [-0.1, -0.05) is 38.3 Å². The van der Waals surface area contributed by atoms with Crippen LogP contribution in [0.25, 0.3) is 0 Å². The molecule has 3 nitrogen and oxygen atoms in total. The molecule has 0 aromatic carbocycles. The van der Waals surface area contributed by atoms with E-state index in [4.69, 9.17) is 5.11 Å². The fourth-order valence-electron chi connectivity index (χ4n) is 1.41. The van der Waals surface area contributed by atoms with E-state index < -0.39 is 18.0 Å². The van der Waals surface area contributed by atoms with E-state index in [1.54, 1.807) is 0 Å². The van der Waals surface area contributed by atoms with Crippen LogP contribution in [0.1, 0.15) is 52.4 Å². The molecule has 3 heteroatoms. The number of hydrogen-bond donors (Lipinski definition) is 2. The molecule has 0 radical (unpaired) electrons. The van der Waals surface area contributed by atoms with Gasteiger partial charge in [-0.2, -0.15) is 0 Å². The zero-order valence-corrected chi connectivity index (χ0v) is 10.4. The maximum atomic E-state index is 10.6. The second-order valence-electron chi connectivity index (χ2n) is 4.25. The van der Waals surface area contributed by atoms with Gasteiger partial charge in [-0.05, 0) is 26.2 Å². The molecule has 0 fully saturated rings. The molecule has 0 saturated heterocycles. The standard InChI is InChI=1S/C13H24O3/c1-3-4-5-6-7-8-9-10-12(14)11(2)13(15)16/h8-9,11-12,14H,3-7,10H2,1-2H3,(H,15,16)/b9-8+. The van der Waals surface area contributed by atoms with Crippen LogP contribution in [0.2, 0.25) is 0 Å². The summed E-state index contributed by atoms with van der Waals surface area (Å²) in [4.78, 5) is 10.6.